The van der Waals surface area contributed by atoms with Crippen molar-refractivity contribution >= 4 is 5.91 Å². The Hall–Kier alpha value is -0.610. The molecule has 130 valence electrons. The average molecular weight is 312 g/mol. The summed E-state index contributed by atoms with van der Waals surface area (Å²) in [6, 6.07) is 0.448. The van der Waals surface area contributed by atoms with Crippen LogP contribution in [0.25, 0.3) is 0 Å². The van der Waals surface area contributed by atoms with Gasteiger partial charge in [-0.1, -0.05) is 13.8 Å². The molecular formula is C18H36N2O2. The maximum absolute atomic E-state index is 12.7. The van der Waals surface area contributed by atoms with Crippen LogP contribution in [0.5, 0.6) is 0 Å². The van der Waals surface area contributed by atoms with Gasteiger partial charge in [0, 0.05) is 37.0 Å². The van der Waals surface area contributed by atoms with E-state index in [1.165, 1.54) is 0 Å². The number of hydrogen-bond donors (Lipinski definition) is 0. The first-order valence-electron chi connectivity index (χ1n) is 8.67. The van der Waals surface area contributed by atoms with E-state index in [0.29, 0.717) is 6.04 Å². The predicted molar refractivity (Wildman–Crippen MR) is 91.8 cm³/mol. The Morgan fingerprint density at radius 3 is 1.77 bits per heavy atom. The zero-order valence-electron chi connectivity index (χ0n) is 16.3. The molecule has 2 fully saturated rings. The molecule has 0 aromatic rings. The topological polar surface area (TPSA) is 32.8 Å². The fourth-order valence-corrected chi connectivity index (χ4v) is 5.02. The molecular weight excluding hydrogens is 276 g/mol. The number of nitrogens with zero attached hydrogens (tertiary/aromatic N) is 2. The maximum Gasteiger partial charge on any atom is 0.256 e. The highest BCUT2D eigenvalue weighted by Gasteiger charge is 2.61. The lowest BCUT2D eigenvalue weighted by Crippen LogP contribution is -2.68. The van der Waals surface area contributed by atoms with Crippen LogP contribution in [0, 0.1) is 0 Å². The van der Waals surface area contributed by atoms with E-state index in [2.05, 4.69) is 46.4 Å². The third kappa shape index (κ3) is 3.05. The van der Waals surface area contributed by atoms with E-state index in [-0.39, 0.29) is 23.2 Å². The molecule has 1 spiro atoms. The summed E-state index contributed by atoms with van der Waals surface area (Å²) in [5, 5.41) is 0. The lowest BCUT2D eigenvalue weighted by Gasteiger charge is -2.59. The van der Waals surface area contributed by atoms with Crippen molar-refractivity contribution in [3.63, 3.8) is 0 Å². The van der Waals surface area contributed by atoms with E-state index in [1.807, 2.05) is 27.8 Å². The van der Waals surface area contributed by atoms with E-state index in [9.17, 15) is 4.79 Å². The largest absolute Gasteiger partial charge is 0.342 e. The van der Waals surface area contributed by atoms with E-state index in [4.69, 9.17) is 4.74 Å². The van der Waals surface area contributed by atoms with Crippen LogP contribution in [0.1, 0.15) is 75.2 Å². The summed E-state index contributed by atoms with van der Waals surface area (Å²) in [6.07, 6.45) is 1.39. The Balaban J connectivity index is 0.00000116. The molecule has 4 heteroatoms. The van der Waals surface area contributed by atoms with Crippen molar-refractivity contribution < 1.29 is 9.53 Å². The molecule has 2 aliphatic rings. The molecule has 0 saturated carbocycles. The molecule has 0 radical (unpaired) electrons. The molecule has 0 aromatic carbocycles. The number of ether oxygens (including phenoxy) is 1. The first-order chi connectivity index (χ1) is 9.93. The third-order valence-electron chi connectivity index (χ3n) is 4.91. The summed E-state index contributed by atoms with van der Waals surface area (Å²) in [5.41, 5.74) is -0.764. The standard InChI is InChI=1S/C16H30N2O2.C2H6/c1-11(2)18-14(4,5)9-16(10-15(18,6)7)13(19)17(8)12(3)20-16;1-2/h11-12H,9-10H2,1-8H3;1-2H3. The summed E-state index contributed by atoms with van der Waals surface area (Å²) in [4.78, 5) is 17.0. The van der Waals surface area contributed by atoms with Crippen LogP contribution in [-0.4, -0.2) is 51.7 Å². The molecule has 2 saturated heterocycles. The Bertz CT molecular complexity index is 397. The number of piperidine rings is 1. The number of amides is 1. The Morgan fingerprint density at radius 1 is 1.09 bits per heavy atom. The van der Waals surface area contributed by atoms with Gasteiger partial charge in [0.1, 0.15) is 6.23 Å². The van der Waals surface area contributed by atoms with Gasteiger partial charge in [-0.3, -0.25) is 9.69 Å². The number of likely N-dealkylation sites (N-methyl/N-ethyl adjacent to an activating group) is 1. The van der Waals surface area contributed by atoms with E-state index < -0.39 is 5.60 Å². The average Bonchev–Trinajstić information content (AvgIpc) is 2.52. The SMILES string of the molecule is CC.CC1OC2(CC(C)(C)N(C(C)C)C(C)(C)C2)C(=O)N1C. The quantitative estimate of drug-likeness (QED) is 0.741. The van der Waals surface area contributed by atoms with Crippen molar-refractivity contribution in [2.24, 2.45) is 0 Å². The van der Waals surface area contributed by atoms with E-state index in [0.717, 1.165) is 12.8 Å². The van der Waals surface area contributed by atoms with Crippen molar-refractivity contribution in [1.82, 2.24) is 9.80 Å². The lowest BCUT2D eigenvalue weighted by molar-refractivity contribution is -0.173. The van der Waals surface area contributed by atoms with Crippen LogP contribution < -0.4 is 0 Å². The van der Waals surface area contributed by atoms with Crippen molar-refractivity contribution in [1.29, 1.82) is 0 Å². The van der Waals surface area contributed by atoms with Gasteiger partial charge in [0.15, 0.2) is 5.60 Å². The van der Waals surface area contributed by atoms with Crippen molar-refractivity contribution in [3.05, 3.63) is 0 Å². The van der Waals surface area contributed by atoms with Gasteiger partial charge in [-0.15, -0.1) is 0 Å². The fourth-order valence-electron chi connectivity index (χ4n) is 5.02. The van der Waals surface area contributed by atoms with Gasteiger partial charge in [-0.05, 0) is 48.5 Å². The van der Waals surface area contributed by atoms with Gasteiger partial charge in [-0.2, -0.15) is 0 Å². The van der Waals surface area contributed by atoms with Gasteiger partial charge in [-0.25, -0.2) is 0 Å². The minimum Gasteiger partial charge on any atom is -0.342 e. The molecule has 2 heterocycles. The van der Waals surface area contributed by atoms with Gasteiger partial charge < -0.3 is 9.64 Å². The summed E-state index contributed by atoms with van der Waals surface area (Å²) in [6.45, 7) is 19.3. The van der Waals surface area contributed by atoms with E-state index in [1.54, 1.807) is 4.90 Å². The van der Waals surface area contributed by atoms with Crippen LogP contribution in [0.2, 0.25) is 0 Å². The van der Waals surface area contributed by atoms with E-state index >= 15 is 0 Å². The highest BCUT2D eigenvalue weighted by molar-refractivity contribution is 5.87. The Morgan fingerprint density at radius 2 is 1.50 bits per heavy atom. The molecule has 0 aliphatic carbocycles. The monoisotopic (exact) mass is 312 g/mol. The second kappa shape index (κ2) is 6.12. The summed E-state index contributed by atoms with van der Waals surface area (Å²) in [5.74, 6) is 0.148. The molecule has 22 heavy (non-hydrogen) atoms. The minimum atomic E-state index is -0.646. The van der Waals surface area contributed by atoms with Gasteiger partial charge >= 0.3 is 0 Å². The molecule has 1 unspecified atom stereocenters. The number of carbonyl (C=O) groups is 1. The zero-order chi connectivity index (χ0) is 17.5. The van der Waals surface area contributed by atoms with Gasteiger partial charge in [0.05, 0.1) is 0 Å². The molecule has 2 rings (SSSR count). The molecule has 1 atom stereocenters. The van der Waals surface area contributed by atoms with Crippen LogP contribution in [-0.2, 0) is 9.53 Å². The smallest absolute Gasteiger partial charge is 0.256 e. The van der Waals surface area contributed by atoms with Crippen LogP contribution in [0.3, 0.4) is 0 Å². The number of carbonyl (C=O) groups excluding carboxylic acids is 1. The Kier molecular flexibility index (Phi) is 5.41. The number of rotatable bonds is 1. The molecule has 0 aromatic heterocycles. The highest BCUT2D eigenvalue weighted by atomic mass is 16.5. The molecule has 2 aliphatic heterocycles. The first-order valence-corrected chi connectivity index (χ1v) is 8.67. The normalized spacial score (nSPS) is 29.7. The van der Waals surface area contributed by atoms with Crippen LogP contribution in [0.15, 0.2) is 0 Å². The van der Waals surface area contributed by atoms with Crippen LogP contribution >= 0.6 is 0 Å². The summed E-state index contributed by atoms with van der Waals surface area (Å²) >= 11 is 0. The predicted octanol–water partition coefficient (Wildman–Crippen LogP) is 3.65. The van der Waals surface area contributed by atoms with Crippen molar-refractivity contribution in [2.75, 3.05) is 7.05 Å². The minimum absolute atomic E-state index is 0.0591. The lowest BCUT2D eigenvalue weighted by atomic mass is 9.70. The first kappa shape index (κ1) is 19.4. The van der Waals surface area contributed by atoms with Gasteiger partial charge in [0.25, 0.3) is 5.91 Å². The maximum atomic E-state index is 12.7. The van der Waals surface area contributed by atoms with Crippen molar-refractivity contribution in [2.45, 2.75) is 104 Å². The van der Waals surface area contributed by atoms with Crippen molar-refractivity contribution in [3.8, 4) is 0 Å². The zero-order valence-corrected chi connectivity index (χ0v) is 16.3. The summed E-state index contributed by atoms with van der Waals surface area (Å²) in [7, 11) is 1.84. The van der Waals surface area contributed by atoms with Gasteiger partial charge in [0.2, 0.25) is 0 Å². The number of hydrogen-bond acceptors (Lipinski definition) is 3. The fraction of sp³-hybridized carbons (Fsp3) is 0.944. The summed E-state index contributed by atoms with van der Waals surface area (Å²) < 4.78 is 6.16. The molecule has 0 bridgehead atoms. The van der Waals surface area contributed by atoms with Crippen LogP contribution in [0.4, 0.5) is 0 Å². The highest BCUT2D eigenvalue weighted by Crippen LogP contribution is 2.49. The second-order valence-electron chi connectivity index (χ2n) is 8.07. The second-order valence-corrected chi connectivity index (χ2v) is 8.07. The molecule has 4 nitrogen and oxygen atoms in total. The molecule has 1 amide bonds. The number of likely N-dealkylation sites (tertiary alicyclic amines) is 1. The Labute approximate surface area is 137 Å². The third-order valence-corrected chi connectivity index (χ3v) is 4.91. The molecule has 0 N–H and O–H groups in total.